The quantitative estimate of drug-likeness (QED) is 0.878. The van der Waals surface area contributed by atoms with Gasteiger partial charge in [0.15, 0.2) is 0 Å². The summed E-state index contributed by atoms with van der Waals surface area (Å²) in [5.74, 6) is -0.814. The number of hydrogen-bond acceptors (Lipinski definition) is 1. The van der Waals surface area contributed by atoms with Crippen molar-refractivity contribution < 1.29 is 18.7 Å². The second-order valence-electron chi connectivity index (χ2n) is 4.53. The van der Waals surface area contributed by atoms with Crippen LogP contribution in [0.1, 0.15) is 30.4 Å². The fraction of sp³-hybridized carbons (Fsp3) is 0.462. The Labute approximate surface area is 98.3 Å². The maximum atomic E-state index is 12.2. The van der Waals surface area contributed by atoms with Crippen LogP contribution < -0.4 is 0 Å². The molecule has 0 radical (unpaired) electrons. The Morgan fingerprint density at radius 3 is 2.24 bits per heavy atom. The van der Waals surface area contributed by atoms with Gasteiger partial charge in [0.05, 0.1) is 5.41 Å². The Balaban J connectivity index is 2.20. The van der Waals surface area contributed by atoms with Gasteiger partial charge in [-0.3, -0.25) is 4.79 Å². The van der Waals surface area contributed by atoms with Crippen LogP contribution in [0.15, 0.2) is 24.3 Å². The van der Waals surface area contributed by atoms with Crippen LogP contribution >= 0.6 is 0 Å². The minimum absolute atomic E-state index is 0.277. The molecule has 1 aromatic rings. The van der Waals surface area contributed by atoms with E-state index in [4.69, 9.17) is 0 Å². The van der Waals surface area contributed by atoms with E-state index in [1.807, 2.05) is 0 Å². The van der Waals surface area contributed by atoms with Crippen LogP contribution in [-0.4, -0.2) is 17.5 Å². The molecule has 0 amide bonds. The van der Waals surface area contributed by atoms with Crippen LogP contribution in [0.2, 0.25) is 0 Å². The summed E-state index contributed by atoms with van der Waals surface area (Å²) in [6, 6.07) is 6.55. The first-order chi connectivity index (χ1) is 8.04. The molecule has 2 rings (SSSR count). The topological polar surface area (TPSA) is 37.3 Å². The molecule has 17 heavy (non-hydrogen) atoms. The zero-order chi connectivity index (χ0) is 12.5. The normalized spacial score (nSPS) is 17.8. The fourth-order valence-electron chi connectivity index (χ4n) is 2.29. The molecule has 0 heterocycles. The van der Waals surface area contributed by atoms with E-state index in [1.165, 1.54) is 0 Å². The van der Waals surface area contributed by atoms with E-state index in [-0.39, 0.29) is 6.42 Å². The molecular formula is C13H14F2O2. The lowest BCUT2D eigenvalue weighted by Gasteiger charge is -2.38. The number of carboxylic acids is 1. The minimum Gasteiger partial charge on any atom is -0.481 e. The van der Waals surface area contributed by atoms with Gasteiger partial charge in [0.25, 0.3) is 0 Å². The first kappa shape index (κ1) is 12.0. The van der Waals surface area contributed by atoms with Crippen LogP contribution in [0.4, 0.5) is 8.78 Å². The molecule has 0 spiro atoms. The molecule has 1 aromatic carbocycles. The molecule has 0 bridgehead atoms. The number of alkyl halides is 2. The summed E-state index contributed by atoms with van der Waals surface area (Å²) in [6.07, 6.45) is -0.462. The number of carboxylic acid groups (broad SMARTS) is 1. The highest BCUT2D eigenvalue weighted by molar-refractivity contribution is 5.82. The number of benzene rings is 1. The van der Waals surface area contributed by atoms with E-state index in [0.717, 1.165) is 12.0 Å². The van der Waals surface area contributed by atoms with Crippen molar-refractivity contribution in [1.29, 1.82) is 0 Å². The van der Waals surface area contributed by atoms with Gasteiger partial charge in [0.1, 0.15) is 0 Å². The van der Waals surface area contributed by atoms with Crippen LogP contribution in [0, 0.1) is 0 Å². The van der Waals surface area contributed by atoms with Crippen molar-refractivity contribution >= 4 is 5.97 Å². The third kappa shape index (κ3) is 2.16. The Bertz CT molecular complexity index is 408. The zero-order valence-electron chi connectivity index (χ0n) is 9.33. The maximum Gasteiger partial charge on any atom is 0.314 e. The zero-order valence-corrected chi connectivity index (χ0v) is 9.33. The Morgan fingerprint density at radius 1 is 1.29 bits per heavy atom. The predicted octanol–water partition coefficient (Wildman–Crippen LogP) is 3.00. The number of aliphatic carboxylic acids is 1. The lowest BCUT2D eigenvalue weighted by molar-refractivity contribution is -0.147. The Morgan fingerprint density at radius 2 is 1.88 bits per heavy atom. The summed E-state index contributed by atoms with van der Waals surface area (Å²) in [7, 11) is 0. The molecule has 0 unspecified atom stereocenters. The van der Waals surface area contributed by atoms with Crippen LogP contribution in [0.25, 0.3) is 0 Å². The number of halogens is 2. The van der Waals surface area contributed by atoms with Gasteiger partial charge >= 0.3 is 5.97 Å². The van der Waals surface area contributed by atoms with Crippen molar-refractivity contribution in [2.24, 2.45) is 0 Å². The monoisotopic (exact) mass is 240 g/mol. The largest absolute Gasteiger partial charge is 0.481 e. The molecule has 1 saturated carbocycles. The molecule has 0 aliphatic heterocycles. The summed E-state index contributed by atoms with van der Waals surface area (Å²) in [4.78, 5) is 11.2. The van der Waals surface area contributed by atoms with Gasteiger partial charge in [-0.15, -0.1) is 0 Å². The van der Waals surface area contributed by atoms with Gasteiger partial charge in [-0.25, -0.2) is 8.78 Å². The van der Waals surface area contributed by atoms with E-state index < -0.39 is 17.8 Å². The van der Waals surface area contributed by atoms with Gasteiger partial charge in [0.2, 0.25) is 6.43 Å². The lowest BCUT2D eigenvalue weighted by atomic mass is 9.64. The molecule has 0 atom stereocenters. The molecule has 1 aliphatic carbocycles. The van der Waals surface area contributed by atoms with Crippen molar-refractivity contribution in [3.8, 4) is 0 Å². The Kier molecular flexibility index (Phi) is 3.13. The van der Waals surface area contributed by atoms with Crippen molar-refractivity contribution in [1.82, 2.24) is 0 Å². The first-order valence-electron chi connectivity index (χ1n) is 5.65. The summed E-state index contributed by atoms with van der Waals surface area (Å²) in [5.41, 5.74) is 0.501. The number of rotatable bonds is 4. The summed E-state index contributed by atoms with van der Waals surface area (Å²) in [5, 5.41) is 9.23. The average Bonchev–Trinajstić information content (AvgIpc) is 2.17. The van der Waals surface area contributed by atoms with Gasteiger partial charge in [-0.1, -0.05) is 30.7 Å². The summed E-state index contributed by atoms with van der Waals surface area (Å²) in [6.45, 7) is 0. The molecule has 1 fully saturated rings. The van der Waals surface area contributed by atoms with Gasteiger partial charge in [0, 0.05) is 6.42 Å². The standard InChI is InChI=1S/C13H14F2O2/c14-11(15)8-9-2-4-10(5-3-9)13(12(16)17)6-1-7-13/h2-5,11H,1,6-8H2,(H,16,17). The van der Waals surface area contributed by atoms with E-state index in [0.29, 0.717) is 18.4 Å². The maximum absolute atomic E-state index is 12.2. The summed E-state index contributed by atoms with van der Waals surface area (Å²) >= 11 is 0. The van der Waals surface area contributed by atoms with Crippen LogP contribution in [0.5, 0.6) is 0 Å². The van der Waals surface area contributed by atoms with Gasteiger partial charge in [-0.2, -0.15) is 0 Å². The molecule has 0 saturated heterocycles. The smallest absolute Gasteiger partial charge is 0.314 e. The number of carbonyl (C=O) groups is 1. The van der Waals surface area contributed by atoms with Crippen LogP contribution in [0.3, 0.4) is 0 Å². The number of hydrogen-bond donors (Lipinski definition) is 1. The highest BCUT2D eigenvalue weighted by atomic mass is 19.3. The molecule has 0 aromatic heterocycles. The molecule has 2 nitrogen and oxygen atoms in total. The van der Waals surface area contributed by atoms with E-state index >= 15 is 0 Å². The van der Waals surface area contributed by atoms with Crippen LogP contribution in [-0.2, 0) is 16.6 Å². The molecular weight excluding hydrogens is 226 g/mol. The average molecular weight is 240 g/mol. The highest BCUT2D eigenvalue weighted by Crippen LogP contribution is 2.43. The second kappa shape index (κ2) is 4.43. The van der Waals surface area contributed by atoms with E-state index in [9.17, 15) is 18.7 Å². The van der Waals surface area contributed by atoms with Crippen molar-refractivity contribution in [3.63, 3.8) is 0 Å². The Hall–Kier alpha value is -1.45. The SMILES string of the molecule is O=C(O)C1(c2ccc(CC(F)F)cc2)CCC1. The third-order valence-corrected chi connectivity index (χ3v) is 3.51. The van der Waals surface area contributed by atoms with Gasteiger partial charge < -0.3 is 5.11 Å². The molecule has 4 heteroatoms. The minimum atomic E-state index is -2.36. The summed E-state index contributed by atoms with van der Waals surface area (Å²) < 4.78 is 24.3. The van der Waals surface area contributed by atoms with Crippen molar-refractivity contribution in [2.75, 3.05) is 0 Å². The molecule has 92 valence electrons. The second-order valence-corrected chi connectivity index (χ2v) is 4.53. The molecule has 1 aliphatic rings. The van der Waals surface area contributed by atoms with E-state index in [1.54, 1.807) is 24.3 Å². The van der Waals surface area contributed by atoms with Crippen molar-refractivity contribution in [2.45, 2.75) is 37.5 Å². The van der Waals surface area contributed by atoms with Crippen molar-refractivity contribution in [3.05, 3.63) is 35.4 Å². The predicted molar refractivity (Wildman–Crippen MR) is 59.3 cm³/mol. The highest BCUT2D eigenvalue weighted by Gasteiger charge is 2.45. The first-order valence-corrected chi connectivity index (χ1v) is 5.65. The third-order valence-electron chi connectivity index (χ3n) is 3.51. The lowest BCUT2D eigenvalue weighted by Crippen LogP contribution is -2.42. The fourth-order valence-corrected chi connectivity index (χ4v) is 2.29. The van der Waals surface area contributed by atoms with Gasteiger partial charge in [-0.05, 0) is 24.0 Å². The molecule has 1 N–H and O–H groups in total. The van der Waals surface area contributed by atoms with E-state index in [2.05, 4.69) is 0 Å².